The molecule has 1 amide bonds. The number of ether oxygens (including phenoxy) is 1. The third-order valence-corrected chi connectivity index (χ3v) is 6.83. The third kappa shape index (κ3) is 5.01. The fraction of sp³-hybridized carbons (Fsp3) is 0.348. The van der Waals surface area contributed by atoms with Crippen molar-refractivity contribution in [2.45, 2.75) is 37.5 Å². The molecule has 1 aliphatic carbocycles. The molecule has 2 aromatic carbocycles. The molecule has 1 heterocycles. The standard InChI is InChI=1S/C23H27N2O5P/c24-23(26)18-9-7-16(13-15-5-2-1-3-6-15)22-21(18)19-14-17(8-10-20(19)25-22)30-11-4-12-31(27,28)29/h1-3,5-6,8,10,14,16,18,25H,4,7,9,11-13H2,(H2,24,26)(H2,27,28,29). The van der Waals surface area contributed by atoms with Crippen molar-refractivity contribution in [3.8, 4) is 5.75 Å². The summed E-state index contributed by atoms with van der Waals surface area (Å²) in [5.74, 6) is 0.204. The van der Waals surface area contributed by atoms with E-state index in [0.29, 0.717) is 12.2 Å². The molecule has 0 radical (unpaired) electrons. The minimum atomic E-state index is -4.02. The number of primary amides is 1. The van der Waals surface area contributed by atoms with Crippen LogP contribution in [-0.2, 0) is 15.8 Å². The van der Waals surface area contributed by atoms with E-state index in [1.807, 2.05) is 36.4 Å². The highest BCUT2D eigenvalue weighted by atomic mass is 31.2. The molecule has 164 valence electrons. The molecular formula is C23H27N2O5P. The maximum absolute atomic E-state index is 12.2. The number of aromatic amines is 1. The van der Waals surface area contributed by atoms with Gasteiger partial charge in [0.05, 0.1) is 18.7 Å². The van der Waals surface area contributed by atoms with Crippen LogP contribution in [0.3, 0.4) is 0 Å². The van der Waals surface area contributed by atoms with Crippen molar-refractivity contribution in [3.05, 3.63) is 65.4 Å². The molecule has 0 saturated carbocycles. The number of rotatable bonds is 8. The Morgan fingerprint density at radius 2 is 1.94 bits per heavy atom. The van der Waals surface area contributed by atoms with Crippen molar-refractivity contribution in [2.75, 3.05) is 12.8 Å². The molecule has 1 aliphatic rings. The SMILES string of the molecule is NC(=O)C1CCC(Cc2ccccc2)c2[nH]c3ccc(OCCCP(=O)(O)O)cc3c21. The quantitative estimate of drug-likeness (QED) is 0.312. The lowest BCUT2D eigenvalue weighted by Crippen LogP contribution is -2.26. The van der Waals surface area contributed by atoms with Crippen LogP contribution in [0.1, 0.15) is 47.9 Å². The largest absolute Gasteiger partial charge is 0.494 e. The number of hydrogen-bond acceptors (Lipinski definition) is 3. The number of carbonyl (C=O) groups excluding carboxylic acids is 1. The van der Waals surface area contributed by atoms with E-state index in [9.17, 15) is 9.36 Å². The first-order valence-corrected chi connectivity index (χ1v) is 12.3. The molecule has 3 aromatic rings. The molecule has 31 heavy (non-hydrogen) atoms. The number of carbonyl (C=O) groups is 1. The molecule has 0 aliphatic heterocycles. The number of amides is 1. The molecule has 0 spiro atoms. The van der Waals surface area contributed by atoms with Crippen LogP contribution in [0.15, 0.2) is 48.5 Å². The lowest BCUT2D eigenvalue weighted by Gasteiger charge is -2.27. The fourth-order valence-corrected chi connectivity index (χ4v) is 5.05. The van der Waals surface area contributed by atoms with Gasteiger partial charge in [-0.05, 0) is 55.0 Å². The Morgan fingerprint density at radius 3 is 2.65 bits per heavy atom. The number of nitrogens with two attached hydrogens (primary N) is 1. The van der Waals surface area contributed by atoms with Gasteiger partial charge in [-0.3, -0.25) is 9.36 Å². The van der Waals surface area contributed by atoms with E-state index in [1.54, 1.807) is 0 Å². The first-order chi connectivity index (χ1) is 14.8. The van der Waals surface area contributed by atoms with E-state index in [1.165, 1.54) is 5.56 Å². The second-order valence-electron chi connectivity index (χ2n) is 8.17. The smallest absolute Gasteiger partial charge is 0.325 e. The lowest BCUT2D eigenvalue weighted by molar-refractivity contribution is -0.119. The van der Waals surface area contributed by atoms with Crippen molar-refractivity contribution >= 4 is 24.4 Å². The van der Waals surface area contributed by atoms with Crippen molar-refractivity contribution in [3.63, 3.8) is 0 Å². The maximum atomic E-state index is 12.2. The third-order valence-electron chi connectivity index (χ3n) is 5.93. The summed E-state index contributed by atoms with van der Waals surface area (Å²) in [6.45, 7) is 0.207. The van der Waals surface area contributed by atoms with Crippen LogP contribution < -0.4 is 10.5 Å². The Hall–Kier alpha value is -2.60. The van der Waals surface area contributed by atoms with Crippen LogP contribution in [0.25, 0.3) is 10.9 Å². The Morgan fingerprint density at radius 1 is 1.16 bits per heavy atom. The van der Waals surface area contributed by atoms with Gasteiger partial charge in [0.25, 0.3) is 0 Å². The monoisotopic (exact) mass is 442 g/mol. The lowest BCUT2D eigenvalue weighted by atomic mass is 9.77. The zero-order valence-corrected chi connectivity index (χ0v) is 18.1. The minimum absolute atomic E-state index is 0.207. The van der Waals surface area contributed by atoms with Gasteiger partial charge in [0, 0.05) is 22.5 Å². The second-order valence-corrected chi connectivity index (χ2v) is 9.95. The van der Waals surface area contributed by atoms with Crippen molar-refractivity contribution in [1.29, 1.82) is 0 Å². The van der Waals surface area contributed by atoms with Crippen LogP contribution in [0.5, 0.6) is 5.75 Å². The van der Waals surface area contributed by atoms with Crippen LogP contribution in [0, 0.1) is 0 Å². The van der Waals surface area contributed by atoms with Gasteiger partial charge in [0.1, 0.15) is 5.75 Å². The molecule has 2 unspecified atom stereocenters. The summed E-state index contributed by atoms with van der Waals surface area (Å²) in [4.78, 5) is 33.7. The van der Waals surface area contributed by atoms with Gasteiger partial charge >= 0.3 is 7.60 Å². The summed E-state index contributed by atoms with van der Waals surface area (Å²) in [7, 11) is -4.02. The zero-order valence-electron chi connectivity index (χ0n) is 17.2. The predicted molar refractivity (Wildman–Crippen MR) is 119 cm³/mol. The molecule has 8 heteroatoms. The summed E-state index contributed by atoms with van der Waals surface area (Å²) in [5, 5.41) is 0.920. The van der Waals surface area contributed by atoms with Gasteiger partial charge in [0.2, 0.25) is 5.91 Å². The summed E-state index contributed by atoms with van der Waals surface area (Å²) >= 11 is 0. The van der Waals surface area contributed by atoms with Crippen LogP contribution >= 0.6 is 7.60 Å². The number of fused-ring (bicyclic) bond motifs is 3. The molecule has 0 bridgehead atoms. The van der Waals surface area contributed by atoms with E-state index >= 15 is 0 Å². The van der Waals surface area contributed by atoms with Crippen molar-refractivity contribution in [1.82, 2.24) is 4.98 Å². The Labute approximate surface area is 180 Å². The van der Waals surface area contributed by atoms with Crippen LogP contribution in [0.4, 0.5) is 0 Å². The first kappa shape index (κ1) is 21.6. The molecule has 1 aromatic heterocycles. The highest BCUT2D eigenvalue weighted by molar-refractivity contribution is 7.51. The first-order valence-electron chi connectivity index (χ1n) is 10.5. The Kier molecular flexibility index (Phi) is 6.19. The van der Waals surface area contributed by atoms with E-state index in [4.69, 9.17) is 20.3 Å². The van der Waals surface area contributed by atoms with E-state index in [2.05, 4.69) is 17.1 Å². The van der Waals surface area contributed by atoms with Gasteiger partial charge in [-0.1, -0.05) is 30.3 Å². The van der Waals surface area contributed by atoms with Crippen molar-refractivity contribution in [2.24, 2.45) is 5.73 Å². The number of benzene rings is 2. The number of nitrogens with one attached hydrogen (secondary N) is 1. The van der Waals surface area contributed by atoms with E-state index in [0.717, 1.165) is 35.0 Å². The van der Waals surface area contributed by atoms with Crippen molar-refractivity contribution < 1.29 is 23.9 Å². The van der Waals surface area contributed by atoms with E-state index < -0.39 is 7.60 Å². The molecule has 4 rings (SSSR count). The Bertz CT molecular complexity index is 1120. The topological polar surface area (TPSA) is 126 Å². The van der Waals surface area contributed by atoms with Gasteiger partial charge in [-0.2, -0.15) is 0 Å². The summed E-state index contributed by atoms with van der Waals surface area (Å²) in [6.07, 6.45) is 2.53. The minimum Gasteiger partial charge on any atom is -0.494 e. The molecule has 5 N–H and O–H groups in total. The number of hydrogen-bond donors (Lipinski definition) is 4. The average molecular weight is 442 g/mol. The van der Waals surface area contributed by atoms with Gasteiger partial charge in [0.15, 0.2) is 0 Å². The van der Waals surface area contributed by atoms with Gasteiger partial charge < -0.3 is 25.2 Å². The van der Waals surface area contributed by atoms with Gasteiger partial charge in [-0.25, -0.2) is 0 Å². The summed E-state index contributed by atoms with van der Waals surface area (Å²) in [5.41, 5.74) is 9.95. The second kappa shape index (κ2) is 8.87. The van der Waals surface area contributed by atoms with Gasteiger partial charge in [-0.15, -0.1) is 0 Å². The molecular weight excluding hydrogens is 415 g/mol. The maximum Gasteiger partial charge on any atom is 0.325 e. The molecule has 0 saturated heterocycles. The molecule has 0 fully saturated rings. The average Bonchev–Trinajstić information content (AvgIpc) is 3.11. The molecule has 7 nitrogen and oxygen atoms in total. The summed E-state index contributed by atoms with van der Waals surface area (Å²) < 4.78 is 16.7. The normalized spacial score (nSPS) is 18.6. The highest BCUT2D eigenvalue weighted by Gasteiger charge is 2.34. The Balaban J connectivity index is 1.63. The fourth-order valence-electron chi connectivity index (χ4n) is 4.50. The predicted octanol–water partition coefficient (Wildman–Crippen LogP) is 3.80. The van der Waals surface area contributed by atoms with Crippen LogP contribution in [-0.4, -0.2) is 33.4 Å². The highest BCUT2D eigenvalue weighted by Crippen LogP contribution is 2.44. The zero-order chi connectivity index (χ0) is 22.0. The molecule has 2 atom stereocenters. The summed E-state index contributed by atoms with van der Waals surface area (Å²) in [6, 6.07) is 15.9. The van der Waals surface area contributed by atoms with E-state index in [-0.39, 0.29) is 36.9 Å². The number of aromatic nitrogens is 1. The number of H-pyrrole nitrogens is 1. The van der Waals surface area contributed by atoms with Crippen LogP contribution in [0.2, 0.25) is 0 Å².